The Morgan fingerprint density at radius 1 is 1.00 bits per heavy atom. The van der Waals surface area contributed by atoms with E-state index in [1.165, 1.54) is 56.5 Å². The summed E-state index contributed by atoms with van der Waals surface area (Å²) in [6, 6.07) is 14.3. The Kier molecular flexibility index (Phi) is 7.60. The molecule has 35 heavy (non-hydrogen) atoms. The zero-order valence-corrected chi connectivity index (χ0v) is 21.3. The van der Waals surface area contributed by atoms with Crippen molar-refractivity contribution in [3.8, 4) is 5.75 Å². The lowest BCUT2D eigenvalue weighted by Gasteiger charge is -2.26. The number of hydrogen-bond donors (Lipinski definition) is 0. The largest absolute Gasteiger partial charge is 0.497 e. The fraction of sp³-hybridized carbons (Fsp3) is 0.323. The fourth-order valence-corrected chi connectivity index (χ4v) is 6.32. The molecule has 2 heterocycles. The predicted octanol–water partition coefficient (Wildman–Crippen LogP) is 7.46. The van der Waals surface area contributed by atoms with E-state index in [1.54, 1.807) is 18.4 Å². The Labute approximate surface area is 212 Å². The van der Waals surface area contributed by atoms with Crippen LogP contribution in [0.25, 0.3) is 15.7 Å². The zero-order chi connectivity index (χ0) is 24.0. The number of hydrogen-bond acceptors (Lipinski definition) is 4. The number of aryl methyl sites for hydroxylation is 1. The van der Waals surface area contributed by atoms with E-state index in [1.807, 2.05) is 36.4 Å². The van der Waals surface area contributed by atoms with E-state index >= 15 is 0 Å². The Bertz CT molecular complexity index is 1270. The highest BCUT2D eigenvalue weighted by Crippen LogP contribution is 2.40. The summed E-state index contributed by atoms with van der Waals surface area (Å²) in [6.45, 7) is 3.67. The van der Waals surface area contributed by atoms with Gasteiger partial charge in [0, 0.05) is 26.1 Å². The summed E-state index contributed by atoms with van der Waals surface area (Å²) < 4.78 is 6.53. The number of benzene rings is 2. The molecule has 3 aromatic rings. The van der Waals surface area contributed by atoms with E-state index in [0.717, 1.165) is 44.7 Å². The second-order valence-corrected chi connectivity index (χ2v) is 10.5. The number of carbonyl (C=O) groups is 1. The molecule has 5 rings (SSSR count). The number of ketones is 1. The van der Waals surface area contributed by atoms with Gasteiger partial charge in [-0.1, -0.05) is 61.1 Å². The van der Waals surface area contributed by atoms with Crippen molar-refractivity contribution in [3.05, 3.63) is 94.4 Å². The zero-order valence-electron chi connectivity index (χ0n) is 20.5. The Balaban J connectivity index is 1.39. The third-order valence-corrected chi connectivity index (χ3v) is 8.24. The van der Waals surface area contributed by atoms with Crippen LogP contribution in [0, 0.1) is 0 Å². The van der Waals surface area contributed by atoms with Crippen LogP contribution in [0.2, 0.25) is 0 Å². The van der Waals surface area contributed by atoms with Gasteiger partial charge in [-0.3, -0.25) is 4.79 Å². The number of ether oxygens (including phenoxy) is 1. The summed E-state index contributed by atoms with van der Waals surface area (Å²) >= 11 is 1.68. The summed E-state index contributed by atoms with van der Waals surface area (Å²) in [5.74, 6) is 0.905. The minimum Gasteiger partial charge on any atom is -0.497 e. The molecule has 2 aliphatic rings. The summed E-state index contributed by atoms with van der Waals surface area (Å²) in [6.07, 6.45) is 17.5. The first-order valence-electron chi connectivity index (χ1n) is 12.7. The molecule has 0 amide bonds. The quantitative estimate of drug-likeness (QED) is 0.311. The average molecular weight is 484 g/mol. The van der Waals surface area contributed by atoms with E-state index in [2.05, 4.69) is 41.3 Å². The molecule has 3 nitrogen and oxygen atoms in total. The topological polar surface area (TPSA) is 29.5 Å². The number of carbonyl (C=O) groups excluding carboxylic acids is 1. The summed E-state index contributed by atoms with van der Waals surface area (Å²) in [4.78, 5) is 17.5. The first-order chi connectivity index (χ1) is 17.2. The number of allylic oxidation sites excluding steroid dienone is 6. The van der Waals surface area contributed by atoms with Gasteiger partial charge in [-0.15, -0.1) is 11.3 Å². The molecule has 180 valence electrons. The maximum atomic E-state index is 13.9. The highest BCUT2D eigenvalue weighted by molar-refractivity contribution is 7.20. The van der Waals surface area contributed by atoms with Gasteiger partial charge in [-0.25, -0.2) is 0 Å². The molecule has 0 spiro atoms. The molecule has 0 unspecified atom stereocenters. The predicted molar refractivity (Wildman–Crippen MR) is 148 cm³/mol. The highest BCUT2D eigenvalue weighted by atomic mass is 32.1. The molecule has 0 bridgehead atoms. The molecular weight excluding hydrogens is 450 g/mol. The molecular formula is C31H33NO2S. The maximum absolute atomic E-state index is 13.9. The van der Waals surface area contributed by atoms with Gasteiger partial charge in [0.05, 0.1) is 7.11 Å². The Morgan fingerprint density at radius 2 is 1.83 bits per heavy atom. The van der Waals surface area contributed by atoms with Gasteiger partial charge in [0.2, 0.25) is 0 Å². The lowest BCUT2D eigenvalue weighted by Crippen LogP contribution is -2.30. The van der Waals surface area contributed by atoms with Crippen molar-refractivity contribution in [2.24, 2.45) is 0 Å². The van der Waals surface area contributed by atoms with Crippen LogP contribution in [-0.4, -0.2) is 37.4 Å². The molecule has 1 saturated heterocycles. The van der Waals surface area contributed by atoms with E-state index in [4.69, 9.17) is 4.74 Å². The molecule has 0 saturated carbocycles. The third kappa shape index (κ3) is 5.50. The summed E-state index contributed by atoms with van der Waals surface area (Å²) in [5.41, 5.74) is 4.04. The molecule has 1 aliphatic heterocycles. The van der Waals surface area contributed by atoms with Crippen LogP contribution in [0.4, 0.5) is 0 Å². The van der Waals surface area contributed by atoms with Crippen LogP contribution >= 0.6 is 11.3 Å². The van der Waals surface area contributed by atoms with Crippen LogP contribution < -0.4 is 4.74 Å². The Hall–Kier alpha value is -2.95. The molecule has 1 aromatic heterocycles. The monoisotopic (exact) mass is 483 g/mol. The van der Waals surface area contributed by atoms with Crippen molar-refractivity contribution in [2.45, 2.75) is 38.5 Å². The fourth-order valence-electron chi connectivity index (χ4n) is 5.06. The number of thiophene rings is 1. The summed E-state index contributed by atoms with van der Waals surface area (Å²) in [5, 5.41) is 1.000. The number of nitrogens with zero attached hydrogens (tertiary/aromatic N) is 1. The van der Waals surface area contributed by atoms with Crippen molar-refractivity contribution in [2.75, 3.05) is 26.7 Å². The van der Waals surface area contributed by atoms with E-state index in [0.29, 0.717) is 0 Å². The van der Waals surface area contributed by atoms with Gasteiger partial charge in [0.15, 0.2) is 5.78 Å². The van der Waals surface area contributed by atoms with Crippen molar-refractivity contribution in [1.29, 1.82) is 0 Å². The van der Waals surface area contributed by atoms with Gasteiger partial charge in [0.1, 0.15) is 5.75 Å². The van der Waals surface area contributed by atoms with Crippen LogP contribution in [-0.2, 0) is 6.42 Å². The minimum atomic E-state index is 0.0920. The summed E-state index contributed by atoms with van der Waals surface area (Å²) in [7, 11) is 1.68. The van der Waals surface area contributed by atoms with Gasteiger partial charge >= 0.3 is 0 Å². The van der Waals surface area contributed by atoms with E-state index in [9.17, 15) is 4.79 Å². The highest BCUT2D eigenvalue weighted by Gasteiger charge is 2.23. The molecule has 0 N–H and O–H groups in total. The SMILES string of the molecule is COc1ccc2c(C(=O)c3ccc(CCCN4CCCCC4)cc3)c(C3=CC=CC=CC3)sc2c1. The first kappa shape index (κ1) is 23.8. The number of rotatable bonds is 8. The van der Waals surface area contributed by atoms with Crippen molar-refractivity contribution >= 4 is 32.8 Å². The standard InChI is InChI=1S/C31H33NO2S/c1-34-26-17-18-27-28(22-26)35-31(25-11-5-2-3-6-12-25)29(27)30(33)24-15-13-23(14-16-24)10-9-21-32-19-7-4-8-20-32/h2-3,5-6,11,13-18,22H,4,7-10,12,19-21H2,1H3. The van der Waals surface area contributed by atoms with Gasteiger partial charge in [0.25, 0.3) is 0 Å². The van der Waals surface area contributed by atoms with Gasteiger partial charge in [-0.2, -0.15) is 0 Å². The molecule has 0 atom stereocenters. The van der Waals surface area contributed by atoms with Crippen LogP contribution in [0.1, 0.15) is 58.5 Å². The van der Waals surface area contributed by atoms with Gasteiger partial charge in [-0.05, 0) is 81.1 Å². The third-order valence-electron chi connectivity index (χ3n) is 7.01. The van der Waals surface area contributed by atoms with Crippen LogP contribution in [0.15, 0.2) is 72.8 Å². The Morgan fingerprint density at radius 3 is 2.63 bits per heavy atom. The second-order valence-electron chi connectivity index (χ2n) is 9.41. The average Bonchev–Trinajstić information content (AvgIpc) is 3.07. The van der Waals surface area contributed by atoms with E-state index < -0.39 is 0 Å². The molecule has 1 aliphatic carbocycles. The lowest BCUT2D eigenvalue weighted by molar-refractivity contribution is 0.104. The second kappa shape index (κ2) is 11.2. The molecule has 0 radical (unpaired) electrons. The van der Waals surface area contributed by atoms with Crippen LogP contribution in [0.3, 0.4) is 0 Å². The molecule has 2 aromatic carbocycles. The minimum absolute atomic E-state index is 0.0920. The van der Waals surface area contributed by atoms with Crippen molar-refractivity contribution in [3.63, 3.8) is 0 Å². The first-order valence-corrected chi connectivity index (χ1v) is 13.5. The van der Waals surface area contributed by atoms with Crippen molar-refractivity contribution in [1.82, 2.24) is 4.90 Å². The number of piperidine rings is 1. The normalized spacial score (nSPS) is 16.3. The number of likely N-dealkylation sites (tertiary alicyclic amines) is 1. The smallest absolute Gasteiger partial charge is 0.195 e. The number of fused-ring (bicyclic) bond motifs is 1. The van der Waals surface area contributed by atoms with Gasteiger partial charge < -0.3 is 9.64 Å². The molecule has 1 fully saturated rings. The van der Waals surface area contributed by atoms with Crippen molar-refractivity contribution < 1.29 is 9.53 Å². The lowest BCUT2D eigenvalue weighted by atomic mass is 9.95. The van der Waals surface area contributed by atoms with Crippen LogP contribution in [0.5, 0.6) is 5.75 Å². The van der Waals surface area contributed by atoms with E-state index in [-0.39, 0.29) is 5.78 Å². The maximum Gasteiger partial charge on any atom is 0.195 e. The number of methoxy groups -OCH3 is 1. The molecule has 4 heteroatoms.